The minimum atomic E-state index is 0.195. The molecule has 128 valence electrons. The fraction of sp³-hybridized carbons (Fsp3) is 0.350. The lowest BCUT2D eigenvalue weighted by Crippen LogP contribution is -2.37. The van der Waals surface area contributed by atoms with E-state index >= 15 is 0 Å². The zero-order chi connectivity index (χ0) is 17.1. The number of rotatable bonds is 5. The molecule has 3 aromatic rings. The molecule has 0 bridgehead atoms. The third-order valence-electron chi connectivity index (χ3n) is 5.05. The zero-order valence-corrected chi connectivity index (χ0v) is 14.2. The van der Waals surface area contributed by atoms with Gasteiger partial charge < -0.3 is 9.47 Å². The summed E-state index contributed by atoms with van der Waals surface area (Å²) in [5.74, 6) is 0.195. The summed E-state index contributed by atoms with van der Waals surface area (Å²) in [4.78, 5) is 23.4. The number of fused-ring (bicyclic) bond motifs is 1. The minimum Gasteiger partial charge on any atom is -0.338 e. The van der Waals surface area contributed by atoms with E-state index < -0.39 is 0 Å². The summed E-state index contributed by atoms with van der Waals surface area (Å²) >= 11 is 0. The summed E-state index contributed by atoms with van der Waals surface area (Å²) in [5.41, 5.74) is 3.24. The number of hydrogen-bond acceptors (Lipinski definition) is 3. The monoisotopic (exact) mass is 334 g/mol. The molecule has 1 aliphatic heterocycles. The minimum absolute atomic E-state index is 0.195. The number of hydrogen-bond donors (Lipinski definition) is 0. The van der Waals surface area contributed by atoms with Gasteiger partial charge in [0.2, 0.25) is 5.91 Å². The fourth-order valence-electron chi connectivity index (χ4n) is 3.72. The molecule has 1 atom stereocenters. The predicted octanol–water partition coefficient (Wildman–Crippen LogP) is 3.06. The highest BCUT2D eigenvalue weighted by molar-refractivity contribution is 5.80. The lowest BCUT2D eigenvalue weighted by molar-refractivity contribution is -0.132. The van der Waals surface area contributed by atoms with Crippen LogP contribution in [0.25, 0.3) is 11.0 Å². The molecular formula is C20H22N4O. The van der Waals surface area contributed by atoms with Gasteiger partial charge in [0.15, 0.2) is 0 Å². The Morgan fingerprint density at radius 3 is 2.88 bits per heavy atom. The van der Waals surface area contributed by atoms with Crippen LogP contribution < -0.4 is 0 Å². The smallest absolute Gasteiger partial charge is 0.242 e. The first kappa shape index (κ1) is 15.8. The Balaban J connectivity index is 1.42. The van der Waals surface area contributed by atoms with E-state index in [2.05, 4.69) is 27.0 Å². The van der Waals surface area contributed by atoms with Crippen molar-refractivity contribution in [1.82, 2.24) is 19.4 Å². The zero-order valence-electron chi connectivity index (χ0n) is 14.2. The first-order chi connectivity index (χ1) is 12.3. The van der Waals surface area contributed by atoms with Gasteiger partial charge in [0.05, 0.1) is 17.4 Å². The van der Waals surface area contributed by atoms with Gasteiger partial charge in [-0.25, -0.2) is 4.98 Å². The standard InChI is InChI=1S/C20H22N4O/c25-20(14-23-15-22-18-5-1-2-6-19(18)23)24-13-3-4-17(24)8-7-16-9-11-21-12-10-16/h1-2,5-6,9-12,15,17H,3-4,7-8,13-14H2/t17-/m0/s1. The summed E-state index contributed by atoms with van der Waals surface area (Å²) in [6.07, 6.45) is 9.63. The number of imidazole rings is 1. The highest BCUT2D eigenvalue weighted by atomic mass is 16.2. The lowest BCUT2D eigenvalue weighted by Gasteiger charge is -2.25. The third kappa shape index (κ3) is 3.40. The Bertz CT molecular complexity index is 858. The van der Waals surface area contributed by atoms with Crippen molar-refractivity contribution in [3.63, 3.8) is 0 Å². The quantitative estimate of drug-likeness (QED) is 0.720. The van der Waals surface area contributed by atoms with Crippen LogP contribution in [0.2, 0.25) is 0 Å². The van der Waals surface area contributed by atoms with E-state index in [9.17, 15) is 4.79 Å². The summed E-state index contributed by atoms with van der Waals surface area (Å²) in [6, 6.07) is 12.4. The number of aryl methyl sites for hydroxylation is 1. The predicted molar refractivity (Wildman–Crippen MR) is 97.0 cm³/mol. The molecule has 5 heteroatoms. The highest BCUT2D eigenvalue weighted by Crippen LogP contribution is 2.23. The van der Waals surface area contributed by atoms with Gasteiger partial charge in [-0.05, 0) is 55.5 Å². The average molecular weight is 334 g/mol. The maximum atomic E-state index is 12.8. The van der Waals surface area contributed by atoms with E-state index in [1.165, 1.54) is 5.56 Å². The molecule has 1 aliphatic rings. The van der Waals surface area contributed by atoms with Crippen molar-refractivity contribution in [2.45, 2.75) is 38.3 Å². The van der Waals surface area contributed by atoms with E-state index in [4.69, 9.17) is 0 Å². The molecule has 1 aromatic carbocycles. The van der Waals surface area contributed by atoms with Crippen molar-refractivity contribution in [3.05, 3.63) is 60.7 Å². The second-order valence-corrected chi connectivity index (χ2v) is 6.64. The second-order valence-electron chi connectivity index (χ2n) is 6.64. The molecule has 1 saturated heterocycles. The number of benzene rings is 1. The van der Waals surface area contributed by atoms with Crippen LogP contribution in [0.1, 0.15) is 24.8 Å². The van der Waals surface area contributed by atoms with E-state index in [0.29, 0.717) is 12.6 Å². The summed E-state index contributed by atoms with van der Waals surface area (Å²) < 4.78 is 1.95. The molecule has 0 N–H and O–H groups in total. The van der Waals surface area contributed by atoms with E-state index in [-0.39, 0.29) is 5.91 Å². The number of aromatic nitrogens is 3. The second kappa shape index (κ2) is 7.05. The summed E-state index contributed by atoms with van der Waals surface area (Å²) in [5, 5.41) is 0. The van der Waals surface area contributed by atoms with Crippen LogP contribution in [0, 0.1) is 0 Å². The maximum Gasteiger partial charge on any atom is 0.242 e. The van der Waals surface area contributed by atoms with Crippen LogP contribution in [0.5, 0.6) is 0 Å². The largest absolute Gasteiger partial charge is 0.338 e. The molecular weight excluding hydrogens is 312 g/mol. The van der Waals surface area contributed by atoms with Crippen LogP contribution in [-0.4, -0.2) is 37.9 Å². The topological polar surface area (TPSA) is 51.0 Å². The average Bonchev–Trinajstić information content (AvgIpc) is 3.28. The van der Waals surface area contributed by atoms with Crippen molar-refractivity contribution in [2.75, 3.05) is 6.54 Å². The van der Waals surface area contributed by atoms with Crippen molar-refractivity contribution in [2.24, 2.45) is 0 Å². The van der Waals surface area contributed by atoms with E-state index in [0.717, 1.165) is 43.3 Å². The number of carbonyl (C=O) groups excluding carboxylic acids is 1. The van der Waals surface area contributed by atoms with Gasteiger partial charge in [0.25, 0.3) is 0 Å². The van der Waals surface area contributed by atoms with Gasteiger partial charge in [-0.3, -0.25) is 9.78 Å². The van der Waals surface area contributed by atoms with Crippen LogP contribution in [0.4, 0.5) is 0 Å². The number of pyridine rings is 1. The van der Waals surface area contributed by atoms with Crippen LogP contribution in [0.15, 0.2) is 55.1 Å². The molecule has 4 rings (SSSR count). The first-order valence-electron chi connectivity index (χ1n) is 8.89. The Morgan fingerprint density at radius 2 is 2.00 bits per heavy atom. The molecule has 0 unspecified atom stereocenters. The van der Waals surface area contributed by atoms with Crippen molar-refractivity contribution in [3.8, 4) is 0 Å². The Hall–Kier alpha value is -2.69. The summed E-state index contributed by atoms with van der Waals surface area (Å²) in [6.45, 7) is 1.23. The van der Waals surface area contributed by atoms with Crippen molar-refractivity contribution >= 4 is 16.9 Å². The Labute approximate surface area is 147 Å². The number of likely N-dealkylation sites (tertiary alicyclic amines) is 1. The number of nitrogens with zero attached hydrogens (tertiary/aromatic N) is 4. The van der Waals surface area contributed by atoms with Crippen LogP contribution in [-0.2, 0) is 17.8 Å². The molecule has 25 heavy (non-hydrogen) atoms. The Morgan fingerprint density at radius 1 is 1.16 bits per heavy atom. The SMILES string of the molecule is O=C(Cn1cnc2ccccc21)N1CCC[C@H]1CCc1ccncc1. The van der Waals surface area contributed by atoms with Gasteiger partial charge >= 0.3 is 0 Å². The van der Waals surface area contributed by atoms with Gasteiger partial charge in [-0.1, -0.05) is 12.1 Å². The molecule has 3 heterocycles. The lowest BCUT2D eigenvalue weighted by atomic mass is 10.0. The van der Waals surface area contributed by atoms with E-state index in [1.807, 2.05) is 41.2 Å². The van der Waals surface area contributed by atoms with E-state index in [1.54, 1.807) is 6.33 Å². The normalized spacial score (nSPS) is 17.3. The third-order valence-corrected chi connectivity index (χ3v) is 5.05. The van der Waals surface area contributed by atoms with Crippen molar-refractivity contribution < 1.29 is 4.79 Å². The van der Waals surface area contributed by atoms with Gasteiger partial charge in [-0.15, -0.1) is 0 Å². The van der Waals surface area contributed by atoms with Gasteiger partial charge in [0.1, 0.15) is 6.54 Å². The number of carbonyl (C=O) groups is 1. The molecule has 5 nitrogen and oxygen atoms in total. The fourth-order valence-corrected chi connectivity index (χ4v) is 3.72. The highest BCUT2D eigenvalue weighted by Gasteiger charge is 2.28. The molecule has 0 radical (unpaired) electrons. The molecule has 1 amide bonds. The van der Waals surface area contributed by atoms with Crippen LogP contribution in [0.3, 0.4) is 0 Å². The summed E-state index contributed by atoms with van der Waals surface area (Å²) in [7, 11) is 0. The molecule has 0 spiro atoms. The molecule has 2 aromatic heterocycles. The van der Waals surface area contributed by atoms with Crippen LogP contribution >= 0.6 is 0 Å². The van der Waals surface area contributed by atoms with Gasteiger partial charge in [-0.2, -0.15) is 0 Å². The molecule has 0 saturated carbocycles. The maximum absolute atomic E-state index is 12.8. The van der Waals surface area contributed by atoms with Crippen molar-refractivity contribution in [1.29, 1.82) is 0 Å². The first-order valence-corrected chi connectivity index (χ1v) is 8.89. The Kier molecular flexibility index (Phi) is 4.46. The molecule has 1 fully saturated rings. The molecule has 0 aliphatic carbocycles. The van der Waals surface area contributed by atoms with Gasteiger partial charge in [0, 0.05) is 25.0 Å². The number of amides is 1. The number of para-hydroxylation sites is 2.